The van der Waals surface area contributed by atoms with Crippen molar-refractivity contribution in [1.82, 2.24) is 13.7 Å². The number of thiophene rings is 1. The summed E-state index contributed by atoms with van der Waals surface area (Å²) in [5.41, 5.74) is 16.3. The summed E-state index contributed by atoms with van der Waals surface area (Å²) in [5.74, 6) is 0. The maximum Gasteiger partial charge on any atom is 0.252 e. The molecule has 4 aromatic heterocycles. The summed E-state index contributed by atoms with van der Waals surface area (Å²) in [7, 11) is 0. The van der Waals surface area contributed by atoms with Gasteiger partial charge in [0.05, 0.1) is 66.4 Å². The molecule has 0 radical (unpaired) electrons. The van der Waals surface area contributed by atoms with Crippen LogP contribution in [0.1, 0.15) is 74.6 Å². The SMILES string of the molecule is [2H]c1c([2H])c([2H])c2c(c1[2H])c1c([2H])c([2H])c([2H])c([2H])c1n2-c1ccc2c(c1)N(c1c(-c3ccccc3)ccc3sc4ccccc4c13)c1cc(-c3cc(C(C)(C)C)cc(C(C)(C)C)c3)cc3c1B2c1ccc(-n2c4c([2H])c([2H])c([2H])c([2H])c4c4c([2H])c([2H])c([2H])c([2H])c42)cc1N3c1c(-c2ccccc2)ccc2c1c1ccccc1n2-c1ccccc1. The van der Waals surface area contributed by atoms with E-state index < -0.39 is 103 Å². The zero-order valence-electron chi connectivity index (χ0n) is 74.2. The minimum Gasteiger partial charge on any atom is -0.310 e. The van der Waals surface area contributed by atoms with E-state index in [0.717, 1.165) is 131 Å². The Bertz CT molecular complexity index is 7650. The van der Waals surface area contributed by atoms with Crippen LogP contribution in [-0.2, 0) is 10.8 Å². The van der Waals surface area contributed by atoms with Crippen LogP contribution in [0.2, 0.25) is 0 Å². The van der Waals surface area contributed by atoms with Crippen molar-refractivity contribution < 1.29 is 21.9 Å². The highest BCUT2D eigenvalue weighted by atomic mass is 32.1. The highest BCUT2D eigenvalue weighted by Crippen LogP contribution is 2.56. The van der Waals surface area contributed by atoms with Crippen LogP contribution in [0.4, 0.5) is 34.1 Å². The molecule has 0 unspecified atom stereocenters. The lowest BCUT2D eigenvalue weighted by atomic mass is 9.33. The van der Waals surface area contributed by atoms with Gasteiger partial charge in [-0.25, -0.2) is 0 Å². The molecule has 0 spiro atoms. The number of anilines is 6. The first-order chi connectivity index (χ1) is 58.0. The molecular formula is C98H72BN5S. The first kappa shape index (κ1) is 47.0. The van der Waals surface area contributed by atoms with Gasteiger partial charge in [0.1, 0.15) is 0 Å². The Morgan fingerprint density at radius 3 is 1.25 bits per heavy atom. The smallest absolute Gasteiger partial charge is 0.252 e. The van der Waals surface area contributed by atoms with Gasteiger partial charge in [-0.3, -0.25) is 0 Å². The Labute approximate surface area is 637 Å². The second-order valence-electron chi connectivity index (χ2n) is 29.6. The van der Waals surface area contributed by atoms with E-state index in [1.54, 1.807) is 20.5 Å². The Kier molecular flexibility index (Phi) is 10.3. The minimum atomic E-state index is -0.796. The monoisotopic (exact) mass is 1380 g/mol. The van der Waals surface area contributed by atoms with E-state index in [1.807, 2.05) is 97.1 Å². The van der Waals surface area contributed by atoms with E-state index in [0.29, 0.717) is 22.7 Å². The average Bonchev–Trinajstić information content (AvgIpc) is 1.57. The van der Waals surface area contributed by atoms with Gasteiger partial charge in [0.15, 0.2) is 0 Å². The van der Waals surface area contributed by atoms with E-state index in [2.05, 4.69) is 189 Å². The maximum atomic E-state index is 9.97. The fraction of sp³-hybridized carbons (Fsp3) is 0.0816. The van der Waals surface area contributed by atoms with Crippen molar-refractivity contribution in [3.8, 4) is 50.4 Å². The molecule has 0 saturated carbocycles. The normalized spacial score (nSPS) is 15.1. The van der Waals surface area contributed by atoms with Crippen molar-refractivity contribution in [2.24, 2.45) is 0 Å². The molecule has 0 saturated heterocycles. The predicted molar refractivity (Wildman–Crippen MR) is 450 cm³/mol. The van der Waals surface area contributed by atoms with Gasteiger partial charge in [0.25, 0.3) is 6.71 Å². The Morgan fingerprint density at radius 1 is 0.305 bits per heavy atom. The predicted octanol–water partition coefficient (Wildman–Crippen LogP) is 25.0. The third-order valence-electron chi connectivity index (χ3n) is 21.6. The summed E-state index contributed by atoms with van der Waals surface area (Å²) in [6.07, 6.45) is 0. The summed E-state index contributed by atoms with van der Waals surface area (Å²) < 4.78 is 160. The number of rotatable bonds is 8. The average molecular weight is 1380 g/mol. The van der Waals surface area contributed by atoms with Crippen molar-refractivity contribution in [3.05, 3.63) is 338 Å². The Balaban J connectivity index is 1.01. The van der Waals surface area contributed by atoms with Crippen molar-refractivity contribution in [1.29, 1.82) is 0 Å². The largest absolute Gasteiger partial charge is 0.310 e. The molecule has 21 rings (SSSR count). The van der Waals surface area contributed by atoms with Crippen LogP contribution in [0.15, 0.2) is 327 Å². The van der Waals surface area contributed by atoms with Crippen LogP contribution >= 0.6 is 11.3 Å². The van der Waals surface area contributed by atoms with Crippen LogP contribution in [0.5, 0.6) is 0 Å². The van der Waals surface area contributed by atoms with Gasteiger partial charge in [-0.05, 0) is 158 Å². The van der Waals surface area contributed by atoms with Crippen molar-refractivity contribution >= 4 is 154 Å². The zero-order valence-corrected chi connectivity index (χ0v) is 59.0. The van der Waals surface area contributed by atoms with E-state index >= 15 is 0 Å². The van der Waals surface area contributed by atoms with E-state index in [1.165, 1.54) is 0 Å². The molecule has 0 atom stereocenters. The number of fused-ring (bicyclic) bond motifs is 16. The topological polar surface area (TPSA) is 21.3 Å². The highest BCUT2D eigenvalue weighted by Gasteiger charge is 2.46. The van der Waals surface area contributed by atoms with Crippen LogP contribution in [0.3, 0.4) is 0 Å². The molecule has 0 fully saturated rings. The minimum absolute atomic E-state index is 0.0486. The quantitative estimate of drug-likeness (QED) is 0.141. The molecule has 2 aliphatic rings. The highest BCUT2D eigenvalue weighted by molar-refractivity contribution is 7.26. The number of hydrogen-bond donors (Lipinski definition) is 0. The number of para-hydroxylation sites is 6. The van der Waals surface area contributed by atoms with E-state index in [4.69, 9.17) is 5.48 Å². The molecule has 2 aliphatic heterocycles. The second kappa shape index (κ2) is 23.0. The van der Waals surface area contributed by atoms with Gasteiger partial charge >= 0.3 is 0 Å². The molecule has 15 aromatic carbocycles. The second-order valence-corrected chi connectivity index (χ2v) is 30.7. The molecular weight excluding hydrogens is 1290 g/mol. The Hall–Kier alpha value is -12.4. The number of nitrogens with zero attached hydrogens (tertiary/aromatic N) is 5. The lowest BCUT2D eigenvalue weighted by Crippen LogP contribution is -2.61. The standard InChI is InChI=1S/C98H72BN5S/c1-97(2,3)65-54-63(55-66(58-65)98(4,5)6)64-56-88-94-89(57-64)104(96-71(62-30-12-8-13-31-62)49-53-91-93(96)77-39-21-27-45-90(77)105-91)87-60-69(102-82-42-24-18-36-74(82)75-37-19-25-43-83(75)102)47-51-79(87)99(94)78-50-46-68(101-80-40-22-16-34-72(80)73-35-17-23-41-81(73)101)59-86(78)103(88)95-70(61-28-10-7-11-29-61)48-52-85-92(95)76-38-20-26-44-84(76)100(85)67-32-14-9-15-33-67/h7-60H,1-6H3/i16D,17D,18D,19D,22D,23D,24D,25D,34D,35D,36D,37D,40D,41D,42D,43D. The maximum absolute atomic E-state index is 9.97. The fourth-order valence-corrected chi connectivity index (χ4v) is 17.9. The van der Waals surface area contributed by atoms with Crippen molar-refractivity contribution in [2.75, 3.05) is 9.80 Å². The molecule has 105 heavy (non-hydrogen) atoms. The lowest BCUT2D eigenvalue weighted by molar-refractivity contribution is 0.569. The summed E-state index contributed by atoms with van der Waals surface area (Å²) in [6, 6.07) is 71.6. The van der Waals surface area contributed by atoms with Gasteiger partial charge in [-0.2, -0.15) is 0 Å². The molecule has 5 nitrogen and oxygen atoms in total. The van der Waals surface area contributed by atoms with Gasteiger partial charge in [-0.15, -0.1) is 11.3 Å². The Morgan fingerprint density at radius 2 is 0.733 bits per heavy atom. The van der Waals surface area contributed by atoms with E-state index in [-0.39, 0.29) is 54.4 Å². The molecule has 0 bridgehead atoms. The fourth-order valence-electron chi connectivity index (χ4n) is 16.8. The summed E-state index contributed by atoms with van der Waals surface area (Å²) in [4.78, 5) is 4.74. The van der Waals surface area contributed by atoms with Crippen LogP contribution in [-0.4, -0.2) is 20.4 Å². The molecule has 7 heteroatoms. The molecule has 0 amide bonds. The number of benzene rings is 15. The third-order valence-corrected chi connectivity index (χ3v) is 22.7. The summed E-state index contributed by atoms with van der Waals surface area (Å²) >= 11 is 1.68. The molecule has 498 valence electrons. The summed E-state index contributed by atoms with van der Waals surface area (Å²) in [5, 5.41) is 3.42. The summed E-state index contributed by atoms with van der Waals surface area (Å²) in [6.45, 7) is 12.5. The first-order valence-electron chi connectivity index (χ1n) is 43.4. The molecule has 0 aliphatic carbocycles. The van der Waals surface area contributed by atoms with Gasteiger partial charge in [0, 0.05) is 103 Å². The van der Waals surface area contributed by atoms with Crippen LogP contribution in [0.25, 0.3) is 136 Å². The van der Waals surface area contributed by atoms with Crippen molar-refractivity contribution in [2.45, 2.75) is 52.4 Å². The number of aromatic nitrogens is 3. The number of hydrogen-bond acceptors (Lipinski definition) is 3. The molecule has 6 heterocycles. The lowest BCUT2D eigenvalue weighted by Gasteiger charge is -2.45. The van der Waals surface area contributed by atoms with Gasteiger partial charge in [-0.1, -0.05) is 272 Å². The van der Waals surface area contributed by atoms with E-state index in [9.17, 15) is 16.4 Å². The van der Waals surface area contributed by atoms with Gasteiger partial charge in [0.2, 0.25) is 0 Å². The zero-order chi connectivity index (χ0) is 84.1. The van der Waals surface area contributed by atoms with Crippen molar-refractivity contribution in [3.63, 3.8) is 0 Å². The third kappa shape index (κ3) is 9.27. The first-order valence-corrected chi connectivity index (χ1v) is 36.3. The van der Waals surface area contributed by atoms with Gasteiger partial charge < -0.3 is 23.5 Å². The van der Waals surface area contributed by atoms with Crippen LogP contribution < -0.4 is 26.2 Å². The molecule has 0 N–H and O–H groups in total. The molecule has 19 aromatic rings. The van der Waals surface area contributed by atoms with Crippen LogP contribution in [0, 0.1) is 0 Å².